The fraction of sp³-hybridized carbons (Fsp3) is 0.438. The summed E-state index contributed by atoms with van der Waals surface area (Å²) in [6.07, 6.45) is 4.94. The molecule has 1 unspecified atom stereocenters. The Morgan fingerprint density at radius 2 is 2.00 bits per heavy atom. The molecule has 0 radical (unpaired) electrons. The highest BCUT2D eigenvalue weighted by Gasteiger charge is 2.21. The van der Waals surface area contributed by atoms with Crippen molar-refractivity contribution in [3.8, 4) is 0 Å². The van der Waals surface area contributed by atoms with Gasteiger partial charge in [0.25, 0.3) is 0 Å². The first-order valence-electron chi connectivity index (χ1n) is 7.33. The Bertz CT molecular complexity index is 506. The van der Waals surface area contributed by atoms with Crippen LogP contribution in [0, 0.1) is 0 Å². The molecular formula is C16H24N4. The van der Waals surface area contributed by atoms with Crippen molar-refractivity contribution in [2.45, 2.75) is 32.9 Å². The number of imidazole rings is 1. The number of aryl methyl sites for hydroxylation is 1. The Morgan fingerprint density at radius 1 is 1.25 bits per heavy atom. The van der Waals surface area contributed by atoms with Crippen molar-refractivity contribution in [2.24, 2.45) is 5.73 Å². The molecule has 0 aliphatic heterocycles. The van der Waals surface area contributed by atoms with Gasteiger partial charge in [-0.2, -0.15) is 0 Å². The highest BCUT2D eigenvalue weighted by Crippen LogP contribution is 2.26. The van der Waals surface area contributed by atoms with E-state index in [-0.39, 0.29) is 6.04 Å². The molecular weight excluding hydrogens is 248 g/mol. The van der Waals surface area contributed by atoms with Gasteiger partial charge in [0.15, 0.2) is 0 Å². The molecule has 4 nitrogen and oxygen atoms in total. The van der Waals surface area contributed by atoms with Crippen LogP contribution in [-0.4, -0.2) is 22.6 Å². The van der Waals surface area contributed by atoms with Gasteiger partial charge in [0.2, 0.25) is 0 Å². The van der Waals surface area contributed by atoms with Crippen LogP contribution in [0.15, 0.2) is 42.9 Å². The van der Waals surface area contributed by atoms with Gasteiger partial charge in [-0.25, -0.2) is 4.98 Å². The summed E-state index contributed by atoms with van der Waals surface area (Å²) < 4.78 is 2.21. The summed E-state index contributed by atoms with van der Waals surface area (Å²) in [5, 5.41) is 0. The van der Waals surface area contributed by atoms with E-state index in [1.807, 2.05) is 18.6 Å². The average Bonchev–Trinajstić information content (AvgIpc) is 2.94. The second kappa shape index (κ2) is 7.10. The molecule has 0 spiro atoms. The summed E-state index contributed by atoms with van der Waals surface area (Å²) in [7, 11) is 0. The molecule has 4 heteroatoms. The minimum Gasteiger partial charge on any atom is -0.362 e. The van der Waals surface area contributed by atoms with E-state index in [1.54, 1.807) is 0 Å². The van der Waals surface area contributed by atoms with E-state index in [4.69, 9.17) is 5.73 Å². The first kappa shape index (κ1) is 14.6. The largest absolute Gasteiger partial charge is 0.362 e. The van der Waals surface area contributed by atoms with Crippen LogP contribution < -0.4 is 10.6 Å². The Kier molecular flexibility index (Phi) is 5.18. The van der Waals surface area contributed by atoms with Crippen LogP contribution >= 0.6 is 0 Å². The summed E-state index contributed by atoms with van der Waals surface area (Å²) in [4.78, 5) is 6.64. The molecule has 1 atom stereocenters. The Balaban J connectivity index is 2.32. The van der Waals surface area contributed by atoms with Gasteiger partial charge in [-0.1, -0.05) is 25.1 Å². The Labute approximate surface area is 121 Å². The predicted molar refractivity (Wildman–Crippen MR) is 83.8 cm³/mol. The maximum Gasteiger partial charge on any atom is 0.0948 e. The van der Waals surface area contributed by atoms with E-state index in [9.17, 15) is 0 Å². The predicted octanol–water partition coefficient (Wildman–Crippen LogP) is 2.82. The molecule has 0 fully saturated rings. The number of anilines is 1. The van der Waals surface area contributed by atoms with E-state index in [0.717, 1.165) is 19.5 Å². The highest BCUT2D eigenvalue weighted by atomic mass is 15.2. The van der Waals surface area contributed by atoms with Gasteiger partial charge in [-0.3, -0.25) is 0 Å². The number of para-hydroxylation sites is 1. The zero-order chi connectivity index (χ0) is 14.4. The van der Waals surface area contributed by atoms with Crippen LogP contribution in [0.5, 0.6) is 0 Å². The lowest BCUT2D eigenvalue weighted by atomic mass is 10.1. The fourth-order valence-electron chi connectivity index (χ4n) is 2.65. The van der Waals surface area contributed by atoms with E-state index < -0.39 is 0 Å². The fourth-order valence-corrected chi connectivity index (χ4v) is 2.65. The number of hydrogen-bond donors (Lipinski definition) is 1. The van der Waals surface area contributed by atoms with Gasteiger partial charge in [0.05, 0.1) is 24.3 Å². The van der Waals surface area contributed by atoms with Crippen LogP contribution in [-0.2, 0) is 6.54 Å². The normalized spacial score (nSPS) is 12.3. The quantitative estimate of drug-likeness (QED) is 0.843. The van der Waals surface area contributed by atoms with Crippen LogP contribution in [0.1, 0.15) is 32.0 Å². The lowest BCUT2D eigenvalue weighted by Crippen LogP contribution is -2.35. The van der Waals surface area contributed by atoms with Crippen LogP contribution in [0.4, 0.5) is 5.69 Å². The summed E-state index contributed by atoms with van der Waals surface area (Å²) >= 11 is 0. The van der Waals surface area contributed by atoms with Gasteiger partial charge >= 0.3 is 0 Å². The summed E-state index contributed by atoms with van der Waals surface area (Å²) in [6.45, 7) is 6.83. The monoisotopic (exact) mass is 272 g/mol. The molecule has 0 saturated carbocycles. The molecule has 0 amide bonds. The van der Waals surface area contributed by atoms with Crippen molar-refractivity contribution >= 4 is 5.69 Å². The van der Waals surface area contributed by atoms with Crippen molar-refractivity contribution in [2.75, 3.05) is 18.0 Å². The van der Waals surface area contributed by atoms with Crippen LogP contribution in [0.25, 0.3) is 0 Å². The molecule has 20 heavy (non-hydrogen) atoms. The number of aromatic nitrogens is 2. The van der Waals surface area contributed by atoms with E-state index >= 15 is 0 Å². The van der Waals surface area contributed by atoms with Crippen LogP contribution in [0.3, 0.4) is 0 Å². The second-order valence-corrected chi connectivity index (χ2v) is 4.88. The maximum atomic E-state index is 6.06. The molecule has 0 aliphatic carbocycles. The summed E-state index contributed by atoms with van der Waals surface area (Å²) in [5.74, 6) is 0. The van der Waals surface area contributed by atoms with Gasteiger partial charge in [0.1, 0.15) is 0 Å². The molecule has 2 rings (SSSR count). The van der Waals surface area contributed by atoms with Crippen molar-refractivity contribution in [1.29, 1.82) is 0 Å². The Hall–Kier alpha value is -1.81. The average molecular weight is 272 g/mol. The molecule has 1 aromatic heterocycles. The number of hydrogen-bond acceptors (Lipinski definition) is 3. The molecule has 1 aromatic carbocycles. The van der Waals surface area contributed by atoms with E-state index in [1.165, 1.54) is 11.4 Å². The van der Waals surface area contributed by atoms with Gasteiger partial charge < -0.3 is 15.2 Å². The third-order valence-electron chi connectivity index (χ3n) is 3.58. The molecule has 108 valence electrons. The van der Waals surface area contributed by atoms with Gasteiger partial charge in [-0.15, -0.1) is 0 Å². The number of benzene rings is 1. The molecule has 2 aromatic rings. The first-order valence-corrected chi connectivity index (χ1v) is 7.33. The molecule has 0 saturated heterocycles. The summed E-state index contributed by atoms with van der Waals surface area (Å²) in [6, 6.07) is 10.6. The maximum absolute atomic E-state index is 6.06. The van der Waals surface area contributed by atoms with Crippen molar-refractivity contribution in [3.63, 3.8) is 0 Å². The van der Waals surface area contributed by atoms with E-state index in [2.05, 4.69) is 52.6 Å². The van der Waals surface area contributed by atoms with Gasteiger partial charge in [-0.05, 0) is 25.5 Å². The topological polar surface area (TPSA) is 47.1 Å². The summed E-state index contributed by atoms with van der Waals surface area (Å²) in [5.41, 5.74) is 8.46. The highest BCUT2D eigenvalue weighted by molar-refractivity contribution is 5.48. The zero-order valence-corrected chi connectivity index (χ0v) is 12.4. The number of nitrogens with zero attached hydrogens (tertiary/aromatic N) is 3. The second-order valence-electron chi connectivity index (χ2n) is 4.88. The molecule has 2 N–H and O–H groups in total. The van der Waals surface area contributed by atoms with Crippen LogP contribution in [0.2, 0.25) is 0 Å². The van der Waals surface area contributed by atoms with Crippen molar-refractivity contribution in [3.05, 3.63) is 48.5 Å². The van der Waals surface area contributed by atoms with E-state index in [0.29, 0.717) is 6.54 Å². The molecule has 0 bridgehead atoms. The lowest BCUT2D eigenvalue weighted by Gasteiger charge is -2.32. The number of nitrogens with two attached hydrogens (primary N) is 1. The first-order chi connectivity index (χ1) is 9.81. The van der Waals surface area contributed by atoms with Crippen molar-refractivity contribution < 1.29 is 0 Å². The zero-order valence-electron chi connectivity index (χ0n) is 12.4. The number of likely N-dealkylation sites (N-methyl/N-ethyl adjacent to an activating group) is 1. The lowest BCUT2D eigenvalue weighted by molar-refractivity contribution is 0.563. The number of rotatable bonds is 7. The van der Waals surface area contributed by atoms with Gasteiger partial charge in [0, 0.05) is 25.3 Å². The Morgan fingerprint density at radius 3 is 2.60 bits per heavy atom. The third-order valence-corrected chi connectivity index (χ3v) is 3.58. The smallest absolute Gasteiger partial charge is 0.0948 e. The SMILES string of the molecule is CCCn1cncc1C(CN)N(CC)c1ccccc1. The van der Waals surface area contributed by atoms with Crippen molar-refractivity contribution in [1.82, 2.24) is 9.55 Å². The third kappa shape index (κ3) is 3.02. The minimum absolute atomic E-state index is 0.163. The molecule has 1 heterocycles. The standard InChI is InChI=1S/C16H24N4/c1-3-10-19-13-18-12-16(19)15(11-17)20(4-2)14-8-6-5-7-9-14/h5-9,12-13,15H,3-4,10-11,17H2,1-2H3. The molecule has 0 aliphatic rings. The minimum atomic E-state index is 0.163.